The third kappa shape index (κ3) is 2.73. The zero-order valence-electron chi connectivity index (χ0n) is 11.2. The molecule has 0 N–H and O–H groups in total. The summed E-state index contributed by atoms with van der Waals surface area (Å²) in [5.74, 6) is -0.645. The molecule has 2 aromatic carbocycles. The Hall–Kier alpha value is -3.35. The number of rotatable bonds is 3. The first-order chi connectivity index (χ1) is 10.6. The summed E-state index contributed by atoms with van der Waals surface area (Å²) >= 11 is 0. The van der Waals surface area contributed by atoms with Gasteiger partial charge in [0.25, 0.3) is 5.69 Å². The number of nitro benzene ring substituents is 1. The van der Waals surface area contributed by atoms with E-state index in [9.17, 15) is 14.9 Å². The van der Waals surface area contributed by atoms with Gasteiger partial charge in [-0.25, -0.2) is 9.78 Å². The maximum atomic E-state index is 12.0. The van der Waals surface area contributed by atoms with Crippen LogP contribution < -0.4 is 4.74 Å². The van der Waals surface area contributed by atoms with Crippen molar-refractivity contribution < 1.29 is 14.5 Å². The molecule has 0 amide bonds. The van der Waals surface area contributed by atoms with Crippen LogP contribution in [0, 0.1) is 10.1 Å². The molecule has 0 aliphatic rings. The highest BCUT2D eigenvalue weighted by molar-refractivity contribution is 5.90. The number of ether oxygens (including phenoxy) is 1. The van der Waals surface area contributed by atoms with Crippen molar-refractivity contribution in [2.45, 2.75) is 0 Å². The molecule has 0 radical (unpaired) electrons. The predicted molar refractivity (Wildman–Crippen MR) is 77.6 cm³/mol. The molecular formula is C15H9N3O4. The Bertz CT molecular complexity index is 879. The van der Waals surface area contributed by atoms with Crippen LogP contribution in [0.25, 0.3) is 11.0 Å². The summed E-state index contributed by atoms with van der Waals surface area (Å²) in [6.07, 6.45) is 1.31. The van der Waals surface area contributed by atoms with Gasteiger partial charge in [0.05, 0.1) is 28.2 Å². The molecule has 0 saturated heterocycles. The molecule has 0 saturated carbocycles. The number of esters is 1. The van der Waals surface area contributed by atoms with E-state index in [1.165, 1.54) is 30.5 Å². The van der Waals surface area contributed by atoms with Crippen molar-refractivity contribution >= 4 is 22.7 Å². The minimum Gasteiger partial charge on any atom is -0.421 e. The summed E-state index contributed by atoms with van der Waals surface area (Å²) in [4.78, 5) is 30.5. The first kappa shape index (κ1) is 13.6. The predicted octanol–water partition coefficient (Wildman–Crippen LogP) is 2.76. The van der Waals surface area contributed by atoms with E-state index in [4.69, 9.17) is 4.74 Å². The van der Waals surface area contributed by atoms with Crippen LogP contribution in [0.2, 0.25) is 0 Å². The van der Waals surface area contributed by atoms with E-state index in [0.717, 1.165) is 0 Å². The van der Waals surface area contributed by atoms with Gasteiger partial charge in [-0.05, 0) is 18.2 Å². The fourth-order valence-electron chi connectivity index (χ4n) is 1.88. The highest BCUT2D eigenvalue weighted by Crippen LogP contribution is 2.20. The number of carbonyl (C=O) groups is 1. The van der Waals surface area contributed by atoms with Crippen molar-refractivity contribution in [2.24, 2.45) is 0 Å². The molecule has 0 atom stereocenters. The normalized spacial score (nSPS) is 10.4. The lowest BCUT2D eigenvalue weighted by molar-refractivity contribution is -0.384. The minimum atomic E-state index is -0.723. The van der Waals surface area contributed by atoms with E-state index in [0.29, 0.717) is 11.0 Å². The molecule has 3 aromatic rings. The van der Waals surface area contributed by atoms with E-state index >= 15 is 0 Å². The Kier molecular flexibility index (Phi) is 3.45. The quantitative estimate of drug-likeness (QED) is 0.319. The van der Waals surface area contributed by atoms with Gasteiger partial charge in [-0.15, -0.1) is 0 Å². The number of para-hydroxylation sites is 2. The fraction of sp³-hybridized carbons (Fsp3) is 0. The summed E-state index contributed by atoms with van der Waals surface area (Å²) in [6, 6.07) is 12.5. The van der Waals surface area contributed by atoms with E-state index < -0.39 is 10.9 Å². The number of nitrogens with zero attached hydrogens (tertiary/aromatic N) is 3. The van der Waals surface area contributed by atoms with Gasteiger partial charge in [0.2, 0.25) is 0 Å². The maximum absolute atomic E-state index is 12.0. The first-order valence-electron chi connectivity index (χ1n) is 6.32. The average Bonchev–Trinajstić information content (AvgIpc) is 2.54. The standard InChI is InChI=1S/C15H9N3O4/c19-15(22-11-5-3-4-10(8-11)18(20)21)14-9-16-12-6-1-2-7-13(12)17-14/h1-9H. The topological polar surface area (TPSA) is 95.2 Å². The third-order valence-corrected chi connectivity index (χ3v) is 2.90. The van der Waals surface area contributed by atoms with Crippen LogP contribution in [0.15, 0.2) is 54.7 Å². The Morgan fingerprint density at radius 2 is 1.86 bits per heavy atom. The van der Waals surface area contributed by atoms with Crippen LogP contribution in [-0.2, 0) is 0 Å². The molecule has 22 heavy (non-hydrogen) atoms. The van der Waals surface area contributed by atoms with Gasteiger partial charge in [0.15, 0.2) is 5.69 Å². The summed E-state index contributed by atoms with van der Waals surface area (Å²) < 4.78 is 5.09. The van der Waals surface area contributed by atoms with Crippen LogP contribution in [0.3, 0.4) is 0 Å². The number of hydrogen-bond acceptors (Lipinski definition) is 6. The van der Waals surface area contributed by atoms with Crippen molar-refractivity contribution in [3.8, 4) is 5.75 Å². The molecule has 7 nitrogen and oxygen atoms in total. The average molecular weight is 295 g/mol. The van der Waals surface area contributed by atoms with Crippen LogP contribution in [0.5, 0.6) is 5.75 Å². The number of carbonyl (C=O) groups excluding carboxylic acids is 1. The summed E-state index contributed by atoms with van der Waals surface area (Å²) in [6.45, 7) is 0. The van der Waals surface area contributed by atoms with Crippen LogP contribution in [-0.4, -0.2) is 20.9 Å². The van der Waals surface area contributed by atoms with Gasteiger partial charge >= 0.3 is 5.97 Å². The Labute approximate surface area is 124 Å². The van der Waals surface area contributed by atoms with Crippen molar-refractivity contribution in [1.29, 1.82) is 0 Å². The molecule has 0 spiro atoms. The van der Waals surface area contributed by atoms with E-state index in [1.54, 1.807) is 18.2 Å². The van der Waals surface area contributed by atoms with Gasteiger partial charge in [-0.2, -0.15) is 0 Å². The first-order valence-corrected chi connectivity index (χ1v) is 6.32. The fourth-order valence-corrected chi connectivity index (χ4v) is 1.88. The van der Waals surface area contributed by atoms with Gasteiger partial charge in [-0.1, -0.05) is 18.2 Å². The number of nitro groups is 1. The second kappa shape index (κ2) is 5.57. The minimum absolute atomic E-state index is 0.0326. The number of aromatic nitrogens is 2. The SMILES string of the molecule is O=C(Oc1cccc([N+](=O)[O-])c1)c1cnc2ccccc2n1. The van der Waals surface area contributed by atoms with Gasteiger partial charge in [-0.3, -0.25) is 15.1 Å². The molecule has 1 heterocycles. The van der Waals surface area contributed by atoms with Gasteiger partial charge in [0, 0.05) is 6.07 Å². The maximum Gasteiger partial charge on any atom is 0.363 e. The Morgan fingerprint density at radius 1 is 1.09 bits per heavy atom. The number of fused-ring (bicyclic) bond motifs is 1. The molecule has 0 unspecified atom stereocenters. The van der Waals surface area contributed by atoms with Crippen molar-refractivity contribution in [3.63, 3.8) is 0 Å². The molecule has 0 bridgehead atoms. The van der Waals surface area contributed by atoms with Gasteiger partial charge in [0.1, 0.15) is 5.75 Å². The zero-order valence-corrected chi connectivity index (χ0v) is 11.2. The molecular weight excluding hydrogens is 286 g/mol. The highest BCUT2D eigenvalue weighted by atomic mass is 16.6. The Balaban J connectivity index is 1.86. The Morgan fingerprint density at radius 3 is 2.64 bits per heavy atom. The lowest BCUT2D eigenvalue weighted by Crippen LogP contribution is -2.11. The van der Waals surface area contributed by atoms with Crippen molar-refractivity contribution in [1.82, 2.24) is 9.97 Å². The van der Waals surface area contributed by atoms with Crippen molar-refractivity contribution in [2.75, 3.05) is 0 Å². The molecule has 7 heteroatoms. The van der Waals surface area contributed by atoms with Crippen LogP contribution >= 0.6 is 0 Å². The zero-order chi connectivity index (χ0) is 15.5. The van der Waals surface area contributed by atoms with Crippen LogP contribution in [0.4, 0.5) is 5.69 Å². The van der Waals surface area contributed by atoms with E-state index in [-0.39, 0.29) is 17.1 Å². The summed E-state index contributed by atoms with van der Waals surface area (Å²) in [5.41, 5.74) is 1.10. The molecule has 0 aliphatic carbocycles. The lowest BCUT2D eigenvalue weighted by Gasteiger charge is -2.04. The highest BCUT2D eigenvalue weighted by Gasteiger charge is 2.14. The summed E-state index contributed by atoms with van der Waals surface area (Å²) in [5, 5.41) is 10.7. The second-order valence-corrected chi connectivity index (χ2v) is 4.39. The third-order valence-electron chi connectivity index (χ3n) is 2.90. The van der Waals surface area contributed by atoms with Crippen molar-refractivity contribution in [3.05, 3.63) is 70.5 Å². The molecule has 0 fully saturated rings. The molecule has 3 rings (SSSR count). The van der Waals surface area contributed by atoms with Crippen LogP contribution in [0.1, 0.15) is 10.5 Å². The van der Waals surface area contributed by atoms with E-state index in [2.05, 4.69) is 9.97 Å². The number of non-ortho nitro benzene ring substituents is 1. The molecule has 108 valence electrons. The molecule has 1 aromatic heterocycles. The monoisotopic (exact) mass is 295 g/mol. The number of hydrogen-bond donors (Lipinski definition) is 0. The lowest BCUT2D eigenvalue weighted by atomic mass is 10.3. The second-order valence-electron chi connectivity index (χ2n) is 4.39. The van der Waals surface area contributed by atoms with E-state index in [1.807, 2.05) is 6.07 Å². The number of benzene rings is 2. The largest absolute Gasteiger partial charge is 0.421 e. The molecule has 0 aliphatic heterocycles. The smallest absolute Gasteiger partial charge is 0.363 e. The van der Waals surface area contributed by atoms with Gasteiger partial charge < -0.3 is 4.74 Å². The summed E-state index contributed by atoms with van der Waals surface area (Å²) in [7, 11) is 0.